The minimum atomic E-state index is 0. The summed E-state index contributed by atoms with van der Waals surface area (Å²) in [5, 5.41) is 0. The summed E-state index contributed by atoms with van der Waals surface area (Å²) in [7, 11) is 0. The van der Waals surface area contributed by atoms with Crippen molar-refractivity contribution >= 4 is 0 Å². The maximum atomic E-state index is 4.39. The van der Waals surface area contributed by atoms with Crippen molar-refractivity contribution < 1.29 is 0 Å². The third-order valence-electron chi connectivity index (χ3n) is 10.7. The Morgan fingerprint density at radius 2 is 1.50 bits per heavy atom. The van der Waals surface area contributed by atoms with E-state index >= 15 is 0 Å². The Labute approximate surface area is 191 Å². The molecule has 7 unspecified atom stereocenters. The van der Waals surface area contributed by atoms with E-state index in [-0.39, 0.29) is 7.43 Å². The summed E-state index contributed by atoms with van der Waals surface area (Å²) in [4.78, 5) is 0. The fourth-order valence-electron chi connectivity index (χ4n) is 8.96. The first-order valence-corrected chi connectivity index (χ1v) is 13.3. The molecule has 4 fully saturated rings. The van der Waals surface area contributed by atoms with Crippen molar-refractivity contribution in [3.8, 4) is 0 Å². The second-order valence-electron chi connectivity index (χ2n) is 12.6. The zero-order chi connectivity index (χ0) is 21.4. The lowest BCUT2D eigenvalue weighted by atomic mass is 9.42. The number of rotatable bonds is 3. The number of allylic oxidation sites excluding steroid dienone is 1. The Balaban J connectivity index is 0.000000591. The van der Waals surface area contributed by atoms with Crippen LogP contribution in [-0.2, 0) is 0 Å². The van der Waals surface area contributed by atoms with Crippen LogP contribution in [0.15, 0.2) is 12.2 Å². The van der Waals surface area contributed by atoms with Crippen molar-refractivity contribution in [1.29, 1.82) is 0 Å². The molecule has 4 aliphatic rings. The maximum Gasteiger partial charge on any atom is -0.0152 e. The highest BCUT2D eigenvalue weighted by atomic mass is 14.7. The largest absolute Gasteiger partial charge is 0.0998 e. The second-order valence-corrected chi connectivity index (χ2v) is 12.6. The minimum absolute atomic E-state index is 0. The molecule has 4 rings (SSSR count). The van der Waals surface area contributed by atoms with Crippen LogP contribution in [0.25, 0.3) is 0 Å². The summed E-state index contributed by atoms with van der Waals surface area (Å²) >= 11 is 0. The van der Waals surface area contributed by atoms with E-state index in [4.69, 9.17) is 0 Å². The van der Waals surface area contributed by atoms with E-state index in [0.717, 1.165) is 29.6 Å². The first kappa shape index (κ1) is 26.0. The van der Waals surface area contributed by atoms with E-state index < -0.39 is 0 Å². The molecular formula is C30H56. The highest BCUT2D eigenvalue weighted by Gasteiger charge is 2.61. The number of fused-ring (bicyclic) bond motifs is 5. The van der Waals surface area contributed by atoms with Crippen molar-refractivity contribution in [3.63, 3.8) is 0 Å². The molecule has 0 saturated heterocycles. The van der Waals surface area contributed by atoms with Crippen molar-refractivity contribution in [2.45, 2.75) is 133 Å². The molecule has 0 aromatic carbocycles. The van der Waals surface area contributed by atoms with Gasteiger partial charge in [-0.1, -0.05) is 74.0 Å². The molecular weight excluding hydrogens is 360 g/mol. The molecule has 0 N–H and O–H groups in total. The minimum Gasteiger partial charge on any atom is -0.0998 e. The molecule has 176 valence electrons. The van der Waals surface area contributed by atoms with Crippen LogP contribution in [0.4, 0.5) is 0 Å². The third kappa shape index (κ3) is 4.32. The summed E-state index contributed by atoms with van der Waals surface area (Å²) in [5.74, 6) is 4.88. The lowest BCUT2D eigenvalue weighted by molar-refractivity contribution is -0.135. The van der Waals surface area contributed by atoms with E-state index in [1.54, 1.807) is 0 Å². The summed E-state index contributed by atoms with van der Waals surface area (Å²) in [6.07, 6.45) is 17.6. The van der Waals surface area contributed by atoms with E-state index in [1.807, 2.05) is 0 Å². The van der Waals surface area contributed by atoms with Crippen LogP contribution in [0.3, 0.4) is 0 Å². The molecule has 0 aliphatic heterocycles. The lowest BCUT2D eigenvalue weighted by Gasteiger charge is -2.63. The molecule has 0 heterocycles. The summed E-state index contributed by atoms with van der Waals surface area (Å²) in [5.41, 5.74) is 3.34. The molecule has 30 heavy (non-hydrogen) atoms. The van der Waals surface area contributed by atoms with Crippen molar-refractivity contribution in [3.05, 3.63) is 12.2 Å². The van der Waals surface area contributed by atoms with Gasteiger partial charge in [-0.3, -0.25) is 0 Å². The molecule has 0 radical (unpaired) electrons. The zero-order valence-electron chi connectivity index (χ0n) is 21.1. The summed E-state index contributed by atoms with van der Waals surface area (Å²) in [6.45, 7) is 21.3. The second kappa shape index (κ2) is 9.70. The van der Waals surface area contributed by atoms with Crippen molar-refractivity contribution in [1.82, 2.24) is 0 Å². The third-order valence-corrected chi connectivity index (χ3v) is 10.7. The first-order valence-electron chi connectivity index (χ1n) is 13.3. The Kier molecular flexibility index (Phi) is 8.41. The fourth-order valence-corrected chi connectivity index (χ4v) is 8.96. The van der Waals surface area contributed by atoms with Gasteiger partial charge in [-0.25, -0.2) is 0 Å². The van der Waals surface area contributed by atoms with E-state index in [9.17, 15) is 0 Å². The predicted octanol–water partition coefficient (Wildman–Crippen LogP) is 10.1. The monoisotopic (exact) mass is 416 g/mol. The fraction of sp³-hybridized carbons (Fsp3) is 0.933. The van der Waals surface area contributed by atoms with Gasteiger partial charge in [0.1, 0.15) is 0 Å². The van der Waals surface area contributed by atoms with Crippen LogP contribution < -0.4 is 0 Å². The standard InChI is InChI=1S/C25H42.C4H10.CH4/c1-7-25-15-14-23(4,5)16-18(25)8-9-19-21-11-10-20(17(2)3)24(21,6)13-12-22(19)25;1-3-4-2;/h18-22H,2,7-16H2,1,3-6H3;3-4H2,1-2H3;1H4. The molecule has 0 spiro atoms. The molecule has 0 aromatic heterocycles. The van der Waals surface area contributed by atoms with Gasteiger partial charge < -0.3 is 0 Å². The number of hydrogen-bond acceptors (Lipinski definition) is 0. The molecule has 0 heteroatoms. The predicted molar refractivity (Wildman–Crippen MR) is 136 cm³/mol. The van der Waals surface area contributed by atoms with Gasteiger partial charge in [0.25, 0.3) is 0 Å². The van der Waals surface area contributed by atoms with Gasteiger partial charge in [0, 0.05) is 0 Å². The molecule has 0 aromatic rings. The average Bonchev–Trinajstić information content (AvgIpc) is 3.04. The van der Waals surface area contributed by atoms with E-state index in [1.165, 1.54) is 82.6 Å². The van der Waals surface area contributed by atoms with Gasteiger partial charge in [-0.05, 0) is 117 Å². The first-order chi connectivity index (χ1) is 13.6. The van der Waals surface area contributed by atoms with Gasteiger partial charge in [-0.2, -0.15) is 0 Å². The van der Waals surface area contributed by atoms with E-state index in [2.05, 4.69) is 55.0 Å². The quantitative estimate of drug-likeness (QED) is 0.401. The average molecular weight is 417 g/mol. The number of hydrogen-bond donors (Lipinski definition) is 0. The van der Waals surface area contributed by atoms with Gasteiger partial charge in [-0.15, -0.1) is 0 Å². The SMILES string of the molecule is C.C=C(C)C1CCC2C3CCC4CC(C)(C)CCC4(CC)C3CCC12C.CCCC. The highest BCUT2D eigenvalue weighted by molar-refractivity contribution is 5.15. The Bertz CT molecular complexity index is 569. The molecule has 4 aliphatic carbocycles. The maximum absolute atomic E-state index is 4.39. The summed E-state index contributed by atoms with van der Waals surface area (Å²) < 4.78 is 0. The van der Waals surface area contributed by atoms with Crippen LogP contribution >= 0.6 is 0 Å². The van der Waals surface area contributed by atoms with Crippen molar-refractivity contribution in [2.75, 3.05) is 0 Å². The lowest BCUT2D eigenvalue weighted by Crippen LogP contribution is -2.55. The van der Waals surface area contributed by atoms with E-state index in [0.29, 0.717) is 16.2 Å². The molecule has 7 atom stereocenters. The summed E-state index contributed by atoms with van der Waals surface area (Å²) in [6, 6.07) is 0. The van der Waals surface area contributed by atoms with Crippen LogP contribution in [0.1, 0.15) is 133 Å². The van der Waals surface area contributed by atoms with Crippen LogP contribution in [0, 0.1) is 45.8 Å². The van der Waals surface area contributed by atoms with Gasteiger partial charge in [0.2, 0.25) is 0 Å². The Morgan fingerprint density at radius 1 is 0.833 bits per heavy atom. The Hall–Kier alpha value is -0.260. The van der Waals surface area contributed by atoms with Crippen LogP contribution in [-0.4, -0.2) is 0 Å². The van der Waals surface area contributed by atoms with Crippen molar-refractivity contribution in [2.24, 2.45) is 45.8 Å². The van der Waals surface area contributed by atoms with Crippen LogP contribution in [0.2, 0.25) is 0 Å². The molecule has 0 bridgehead atoms. The van der Waals surface area contributed by atoms with Gasteiger partial charge in [0.05, 0.1) is 0 Å². The molecule has 0 amide bonds. The van der Waals surface area contributed by atoms with Gasteiger partial charge in [0.15, 0.2) is 0 Å². The topological polar surface area (TPSA) is 0 Å². The zero-order valence-corrected chi connectivity index (χ0v) is 21.1. The highest BCUT2D eigenvalue weighted by Crippen LogP contribution is 2.70. The normalized spacial score (nSPS) is 43.8. The Morgan fingerprint density at radius 3 is 2.07 bits per heavy atom. The molecule has 4 saturated carbocycles. The molecule has 0 nitrogen and oxygen atoms in total. The smallest absolute Gasteiger partial charge is 0.0152 e. The van der Waals surface area contributed by atoms with Crippen LogP contribution in [0.5, 0.6) is 0 Å². The van der Waals surface area contributed by atoms with Gasteiger partial charge >= 0.3 is 0 Å². The number of unbranched alkanes of at least 4 members (excludes halogenated alkanes) is 1.